The zero-order valence-electron chi connectivity index (χ0n) is 34.2. The number of methoxy groups -OCH3 is 1. The predicted octanol–water partition coefficient (Wildman–Crippen LogP) is 7.78. The molecule has 2 aliphatic rings. The normalized spacial score (nSPS) is 13.8. The van der Waals surface area contributed by atoms with E-state index < -0.39 is 0 Å². The molecule has 1 unspecified atom stereocenters. The van der Waals surface area contributed by atoms with Crippen LogP contribution in [0.25, 0.3) is 22.0 Å². The second-order valence-electron chi connectivity index (χ2n) is 13.7. The number of aromatic amines is 1. The standard InChI is InChI=1S/C13H16N2O.C11H24.C9H10N3.C5H10.C4H10.K.H2O/c1-10-5-4-6-12(14-10)11-9-15(2)8-7-13(11)16-3;1-5-7-9-11(8-6-2)10(3)4;1-6-3-4-7-8(5-6)12(2)9(10)11-7;1-2-4-5-3-1;1-3-4-2;;/h5-6,9H,7-8H2,1-3H3;10-11H,5-9H2,1-4H3;3-5H,1-2H3,(H-,10,11);1-5H2;3-4H2,1-2H3;;1H2/q;;-1;;;+1;/p-1. The van der Waals surface area contributed by atoms with Crippen LogP contribution in [0.3, 0.4) is 0 Å². The maximum absolute atomic E-state index is 9.34. The Hall–Kier alpha value is -1.55. The van der Waals surface area contributed by atoms with Gasteiger partial charge in [0.15, 0.2) is 6.21 Å². The van der Waals surface area contributed by atoms with Gasteiger partial charge < -0.3 is 30.2 Å². The minimum Gasteiger partial charge on any atom is -0.870 e. The molecule has 1 aromatic carbocycles. The van der Waals surface area contributed by atoms with E-state index in [4.69, 9.17) is 4.74 Å². The van der Waals surface area contributed by atoms with Crippen LogP contribution in [0, 0.1) is 31.7 Å². The molecule has 1 saturated carbocycles. The van der Waals surface area contributed by atoms with Crippen molar-refractivity contribution in [3.8, 4) is 0 Å². The summed E-state index contributed by atoms with van der Waals surface area (Å²) in [6.45, 7) is 18.6. The van der Waals surface area contributed by atoms with Gasteiger partial charge >= 0.3 is 51.4 Å². The third-order valence-corrected chi connectivity index (χ3v) is 9.03. The summed E-state index contributed by atoms with van der Waals surface area (Å²) < 4.78 is 9.29. The van der Waals surface area contributed by atoms with Crippen LogP contribution < -0.4 is 57.0 Å². The number of ether oxygens (including phenoxy) is 1. The number of aromatic nitrogens is 3. The second-order valence-corrected chi connectivity index (χ2v) is 13.7. The Morgan fingerprint density at radius 1 is 0.960 bits per heavy atom. The van der Waals surface area contributed by atoms with Gasteiger partial charge in [0.05, 0.1) is 13.5 Å². The molecule has 8 heteroatoms. The van der Waals surface area contributed by atoms with Crippen molar-refractivity contribution in [2.45, 2.75) is 139 Å². The minimum atomic E-state index is 0. The fourth-order valence-electron chi connectivity index (χ4n) is 5.70. The average Bonchev–Trinajstić information content (AvgIpc) is 3.76. The smallest absolute Gasteiger partial charge is 0.870 e. The number of hydrogen-bond donors (Lipinski definition) is 1. The first-order valence-electron chi connectivity index (χ1n) is 18.9. The number of hydrogen-bond acceptors (Lipinski definition) is 3. The molecule has 3 heterocycles. The van der Waals surface area contributed by atoms with Crippen LogP contribution in [0.5, 0.6) is 0 Å². The van der Waals surface area contributed by atoms with Crippen LogP contribution in [0.1, 0.15) is 142 Å². The number of pyridine rings is 1. The molecule has 1 fully saturated rings. The summed E-state index contributed by atoms with van der Waals surface area (Å²) in [7, 11) is 5.60. The molecule has 0 saturated heterocycles. The SMILES string of the molecule is C1CCCC1.CCCC.CCCCC(CCC)C(C)C.COC1=C(c2c[c-]cc(C)n2)C=[N+](C)CC1.Cc1ccc2[nH]c(=[N-])n(C)c2c1.[K+].[OH-]. The third kappa shape index (κ3) is 19.9. The Kier molecular flexibility index (Phi) is 30.3. The van der Waals surface area contributed by atoms with Gasteiger partial charge in [0.25, 0.3) is 0 Å². The Balaban J connectivity index is 0. The number of rotatable bonds is 9. The van der Waals surface area contributed by atoms with Gasteiger partial charge in [-0.1, -0.05) is 149 Å². The van der Waals surface area contributed by atoms with Crippen LogP contribution in [0.2, 0.25) is 0 Å². The Bertz CT molecular complexity index is 1410. The van der Waals surface area contributed by atoms with E-state index in [1.807, 2.05) is 51.2 Å². The first kappa shape index (κ1) is 50.6. The molecule has 0 spiro atoms. The van der Waals surface area contributed by atoms with Gasteiger partial charge in [-0.15, -0.1) is 0 Å². The summed E-state index contributed by atoms with van der Waals surface area (Å²) in [6.07, 6.45) is 20.1. The van der Waals surface area contributed by atoms with Crippen molar-refractivity contribution < 1.29 is 66.2 Å². The van der Waals surface area contributed by atoms with Gasteiger partial charge in [0, 0.05) is 11.2 Å². The van der Waals surface area contributed by atoms with Gasteiger partial charge in [0.1, 0.15) is 19.4 Å². The number of unbranched alkanes of at least 4 members (excludes halogenated alkanes) is 2. The van der Waals surface area contributed by atoms with Crippen LogP contribution in [-0.2, 0) is 11.8 Å². The molecule has 50 heavy (non-hydrogen) atoms. The Morgan fingerprint density at radius 3 is 2.08 bits per heavy atom. The van der Waals surface area contributed by atoms with Crippen molar-refractivity contribution in [2.24, 2.45) is 18.9 Å². The number of imidazole rings is 1. The molecule has 0 bridgehead atoms. The van der Waals surface area contributed by atoms with E-state index in [9.17, 15) is 5.41 Å². The number of nitrogens with one attached hydrogen (secondary N) is 1. The summed E-state index contributed by atoms with van der Waals surface area (Å²) in [4.78, 5) is 7.37. The molecular formula is C42H71KN5O2-. The molecule has 278 valence electrons. The molecule has 2 N–H and O–H groups in total. The third-order valence-electron chi connectivity index (χ3n) is 9.03. The number of aryl methyl sites for hydroxylation is 3. The maximum atomic E-state index is 9.34. The van der Waals surface area contributed by atoms with Gasteiger partial charge in [-0.05, 0) is 48.6 Å². The van der Waals surface area contributed by atoms with Crippen molar-refractivity contribution in [2.75, 3.05) is 20.7 Å². The number of benzene rings is 1. The number of allylic oxidation sites excluding steroid dienone is 1. The van der Waals surface area contributed by atoms with Gasteiger partial charge in [-0.3, -0.25) is 0 Å². The number of nitrogens with zero attached hydrogens (tertiary/aromatic N) is 4. The minimum absolute atomic E-state index is 0. The molecule has 1 atom stereocenters. The topological polar surface area (TPSA) is 98.2 Å². The van der Waals surface area contributed by atoms with Crippen LogP contribution >= 0.6 is 0 Å². The summed E-state index contributed by atoms with van der Waals surface area (Å²) in [5.74, 6) is 2.88. The first-order chi connectivity index (χ1) is 23.0. The molecule has 3 aromatic rings. The Morgan fingerprint density at radius 2 is 1.58 bits per heavy atom. The van der Waals surface area contributed by atoms with Crippen LogP contribution in [0.4, 0.5) is 0 Å². The molecule has 1 aliphatic heterocycles. The zero-order chi connectivity index (χ0) is 35.9. The molecule has 7 nitrogen and oxygen atoms in total. The summed E-state index contributed by atoms with van der Waals surface area (Å²) in [5.41, 5.74) is 6.34. The molecule has 0 radical (unpaired) electrons. The quantitative estimate of drug-likeness (QED) is 0.139. The van der Waals surface area contributed by atoms with Crippen molar-refractivity contribution in [1.82, 2.24) is 14.5 Å². The van der Waals surface area contributed by atoms with Crippen molar-refractivity contribution in [1.29, 1.82) is 0 Å². The van der Waals surface area contributed by atoms with Crippen molar-refractivity contribution in [3.63, 3.8) is 0 Å². The largest absolute Gasteiger partial charge is 1.00 e. The van der Waals surface area contributed by atoms with Gasteiger partial charge in [-0.2, -0.15) is 18.2 Å². The second kappa shape index (κ2) is 30.0. The van der Waals surface area contributed by atoms with Crippen LogP contribution in [-0.4, -0.2) is 51.5 Å². The van der Waals surface area contributed by atoms with Crippen molar-refractivity contribution >= 4 is 22.8 Å². The summed E-state index contributed by atoms with van der Waals surface area (Å²) >= 11 is 0. The predicted molar refractivity (Wildman–Crippen MR) is 210 cm³/mol. The maximum Gasteiger partial charge on any atom is 1.00 e. The average molecular weight is 717 g/mol. The first-order valence-corrected chi connectivity index (χ1v) is 18.9. The molecule has 1 aliphatic carbocycles. The van der Waals surface area contributed by atoms with Crippen molar-refractivity contribution in [3.05, 3.63) is 70.1 Å². The van der Waals surface area contributed by atoms with Gasteiger partial charge in [-0.25, -0.2) is 4.58 Å². The van der Waals surface area contributed by atoms with E-state index in [0.29, 0.717) is 0 Å². The van der Waals surface area contributed by atoms with E-state index in [1.165, 1.54) is 82.6 Å². The number of H-pyrrole nitrogens is 1. The number of fused-ring (bicyclic) bond motifs is 1. The van der Waals surface area contributed by atoms with E-state index in [0.717, 1.165) is 58.6 Å². The van der Waals surface area contributed by atoms with E-state index >= 15 is 0 Å². The van der Waals surface area contributed by atoms with Gasteiger partial charge in [0.2, 0.25) is 0 Å². The van der Waals surface area contributed by atoms with Crippen LogP contribution in [0.15, 0.2) is 36.1 Å². The fraction of sp³-hybridized carbons (Fsp3) is 0.643. The summed E-state index contributed by atoms with van der Waals surface area (Å²) in [5, 5.41) is 9.34. The summed E-state index contributed by atoms with van der Waals surface area (Å²) in [6, 6.07) is 12.9. The fourth-order valence-corrected chi connectivity index (χ4v) is 5.70. The zero-order valence-corrected chi connectivity index (χ0v) is 37.3. The molecule has 2 aromatic heterocycles. The van der Waals surface area contributed by atoms with E-state index in [2.05, 4.69) is 75.4 Å². The Labute approximate surface area is 349 Å². The van der Waals surface area contributed by atoms with E-state index in [-0.39, 0.29) is 62.5 Å². The monoisotopic (exact) mass is 717 g/mol. The molecular weight excluding hydrogens is 646 g/mol. The van der Waals surface area contributed by atoms with E-state index in [1.54, 1.807) is 11.7 Å². The molecule has 0 amide bonds. The molecule has 5 rings (SSSR count).